The molecule has 0 unspecified atom stereocenters. The van der Waals surface area contributed by atoms with Crippen molar-refractivity contribution >= 4 is 34.1 Å². The summed E-state index contributed by atoms with van der Waals surface area (Å²) in [5, 5.41) is 4.01. The van der Waals surface area contributed by atoms with Gasteiger partial charge in [0.25, 0.3) is 5.91 Å². The van der Waals surface area contributed by atoms with E-state index in [-0.39, 0.29) is 0 Å². The fourth-order valence-electron chi connectivity index (χ4n) is 3.08. The van der Waals surface area contributed by atoms with Gasteiger partial charge in [-0.3, -0.25) is 4.79 Å². The molecule has 0 spiro atoms. The van der Waals surface area contributed by atoms with Crippen LogP contribution in [-0.2, 0) is 0 Å². The van der Waals surface area contributed by atoms with Crippen LogP contribution in [0, 0.1) is 0 Å². The van der Waals surface area contributed by atoms with E-state index in [9.17, 15) is 4.79 Å². The minimum absolute atomic E-state index is 0.461. The van der Waals surface area contributed by atoms with Gasteiger partial charge in [0.05, 0.1) is 11.1 Å². The molecule has 0 fully saturated rings. The Balaban J connectivity index is 1.70. The zero-order valence-corrected chi connectivity index (χ0v) is 15.6. The number of carbonyl (C=O) groups is 1. The summed E-state index contributed by atoms with van der Waals surface area (Å²) < 4.78 is 1.84. The minimum Gasteiger partial charge on any atom is -0.378 e. The molecule has 2 heterocycles. The molecule has 1 amide bonds. The Morgan fingerprint density at radius 2 is 1.82 bits per heavy atom. The Labute approximate surface area is 162 Å². The van der Waals surface area contributed by atoms with Gasteiger partial charge >= 0.3 is 0 Å². The molecule has 3 N–H and O–H groups in total. The highest BCUT2D eigenvalue weighted by atomic mass is 16.1. The van der Waals surface area contributed by atoms with Crippen molar-refractivity contribution in [3.63, 3.8) is 0 Å². The molecular formula is C21H20N6O. The number of aromatic nitrogens is 3. The third-order valence-electron chi connectivity index (χ3n) is 4.50. The quantitative estimate of drug-likeness (QED) is 0.561. The Hall–Kier alpha value is -3.87. The summed E-state index contributed by atoms with van der Waals surface area (Å²) in [6, 6.07) is 17.4. The van der Waals surface area contributed by atoms with Crippen LogP contribution >= 0.6 is 0 Å². The number of anilines is 3. The van der Waals surface area contributed by atoms with E-state index in [1.807, 2.05) is 72.1 Å². The van der Waals surface area contributed by atoms with Crippen LogP contribution in [0.25, 0.3) is 16.7 Å². The largest absolute Gasteiger partial charge is 0.378 e. The fraction of sp³-hybridized carbons (Fsp3) is 0.0952. The predicted octanol–water partition coefficient (Wildman–Crippen LogP) is 3.33. The summed E-state index contributed by atoms with van der Waals surface area (Å²) >= 11 is 0. The van der Waals surface area contributed by atoms with Crippen LogP contribution in [-0.4, -0.2) is 34.5 Å². The molecule has 4 aromatic rings. The average molecular weight is 372 g/mol. The summed E-state index contributed by atoms with van der Waals surface area (Å²) in [5.41, 5.74) is 8.85. The van der Waals surface area contributed by atoms with Gasteiger partial charge in [-0.2, -0.15) is 4.98 Å². The van der Waals surface area contributed by atoms with Crippen molar-refractivity contribution in [1.82, 2.24) is 14.5 Å². The van der Waals surface area contributed by atoms with Crippen LogP contribution < -0.4 is 16.0 Å². The highest BCUT2D eigenvalue weighted by Crippen LogP contribution is 2.25. The molecule has 0 aliphatic heterocycles. The lowest BCUT2D eigenvalue weighted by molar-refractivity contribution is 0.100. The maximum atomic E-state index is 11.8. The van der Waals surface area contributed by atoms with Gasteiger partial charge in [0, 0.05) is 43.3 Å². The van der Waals surface area contributed by atoms with Crippen molar-refractivity contribution < 1.29 is 4.79 Å². The molecule has 2 aromatic carbocycles. The summed E-state index contributed by atoms with van der Waals surface area (Å²) in [5.74, 6) is 0.642. The molecular weight excluding hydrogens is 352 g/mol. The first-order valence-corrected chi connectivity index (χ1v) is 8.80. The van der Waals surface area contributed by atoms with Gasteiger partial charge in [-0.1, -0.05) is 18.2 Å². The van der Waals surface area contributed by atoms with E-state index < -0.39 is 5.91 Å². The topological polar surface area (TPSA) is 89.1 Å². The third-order valence-corrected chi connectivity index (χ3v) is 4.50. The number of nitrogens with zero attached hydrogens (tertiary/aromatic N) is 4. The summed E-state index contributed by atoms with van der Waals surface area (Å²) in [4.78, 5) is 22.7. The summed E-state index contributed by atoms with van der Waals surface area (Å²) in [6.45, 7) is 0. The summed E-state index contributed by atoms with van der Waals surface area (Å²) in [7, 11) is 3.99. The van der Waals surface area contributed by atoms with Crippen molar-refractivity contribution in [1.29, 1.82) is 0 Å². The molecule has 0 radical (unpaired) electrons. The predicted molar refractivity (Wildman–Crippen MR) is 111 cm³/mol. The minimum atomic E-state index is -0.469. The molecule has 0 bridgehead atoms. The lowest BCUT2D eigenvalue weighted by atomic mass is 10.2. The Morgan fingerprint density at radius 1 is 1.07 bits per heavy atom. The number of rotatable bonds is 5. The van der Waals surface area contributed by atoms with Gasteiger partial charge in [0.1, 0.15) is 5.82 Å². The molecule has 2 aromatic heterocycles. The lowest BCUT2D eigenvalue weighted by Crippen LogP contribution is -2.10. The van der Waals surface area contributed by atoms with Gasteiger partial charge in [-0.05, 0) is 36.4 Å². The number of para-hydroxylation sites is 1. The monoisotopic (exact) mass is 372 g/mol. The van der Waals surface area contributed by atoms with Crippen molar-refractivity contribution in [2.45, 2.75) is 0 Å². The Bertz CT molecular complexity index is 1150. The Kier molecular flexibility index (Phi) is 4.41. The van der Waals surface area contributed by atoms with Crippen molar-refractivity contribution in [2.24, 2.45) is 5.73 Å². The van der Waals surface area contributed by atoms with E-state index in [1.165, 1.54) is 0 Å². The molecule has 0 saturated carbocycles. The highest BCUT2D eigenvalue weighted by Gasteiger charge is 2.14. The lowest BCUT2D eigenvalue weighted by Gasteiger charge is -2.13. The first-order valence-electron chi connectivity index (χ1n) is 8.80. The third kappa shape index (κ3) is 3.25. The highest BCUT2D eigenvalue weighted by molar-refractivity contribution is 6.06. The standard InChI is InChI=1S/C21H20N6O/c1-26(2)15-9-7-14(8-10-15)24-21-23-12-11-19(25-21)27-13-17(20(22)28)16-5-3-4-6-18(16)27/h3-13H,1-2H3,(H2,22,28)(H,23,24,25). The molecule has 0 aliphatic carbocycles. The molecule has 0 saturated heterocycles. The van der Waals surface area contributed by atoms with Crippen LogP contribution in [0.4, 0.5) is 17.3 Å². The number of nitrogens with two attached hydrogens (primary N) is 1. The normalized spacial score (nSPS) is 10.8. The maximum Gasteiger partial charge on any atom is 0.250 e. The average Bonchev–Trinajstić information content (AvgIpc) is 3.09. The van der Waals surface area contributed by atoms with Crippen molar-refractivity contribution in [2.75, 3.05) is 24.3 Å². The summed E-state index contributed by atoms with van der Waals surface area (Å²) in [6.07, 6.45) is 3.39. The second kappa shape index (κ2) is 7.03. The van der Waals surface area contributed by atoms with Gasteiger partial charge < -0.3 is 20.5 Å². The molecule has 0 aliphatic rings. The zero-order valence-electron chi connectivity index (χ0n) is 15.6. The van der Waals surface area contributed by atoms with Gasteiger partial charge in [0.15, 0.2) is 0 Å². The number of hydrogen-bond acceptors (Lipinski definition) is 5. The van der Waals surface area contributed by atoms with E-state index in [2.05, 4.69) is 15.3 Å². The SMILES string of the molecule is CN(C)c1ccc(Nc2nccc(-n3cc(C(N)=O)c4ccccc43)n2)cc1. The second-order valence-corrected chi connectivity index (χ2v) is 6.60. The molecule has 28 heavy (non-hydrogen) atoms. The molecule has 7 heteroatoms. The van der Waals surface area contributed by atoms with Crippen LogP contribution in [0.2, 0.25) is 0 Å². The first-order chi connectivity index (χ1) is 13.5. The molecule has 140 valence electrons. The van der Waals surface area contributed by atoms with Gasteiger partial charge in [-0.15, -0.1) is 0 Å². The maximum absolute atomic E-state index is 11.8. The van der Waals surface area contributed by atoms with Gasteiger partial charge in [0.2, 0.25) is 5.95 Å². The van der Waals surface area contributed by atoms with Crippen LogP contribution in [0.1, 0.15) is 10.4 Å². The van der Waals surface area contributed by atoms with Crippen molar-refractivity contribution in [3.05, 3.63) is 72.6 Å². The zero-order chi connectivity index (χ0) is 19.7. The van der Waals surface area contributed by atoms with Crippen LogP contribution in [0.5, 0.6) is 0 Å². The number of carbonyl (C=O) groups excluding carboxylic acids is 1. The number of nitrogens with one attached hydrogen (secondary N) is 1. The number of benzene rings is 2. The molecule has 4 rings (SSSR count). The van der Waals surface area contributed by atoms with Gasteiger partial charge in [-0.25, -0.2) is 4.98 Å². The molecule has 0 atom stereocenters. The number of primary amides is 1. The first kappa shape index (κ1) is 17.5. The molecule has 7 nitrogen and oxygen atoms in total. The fourth-order valence-corrected chi connectivity index (χ4v) is 3.08. The smallest absolute Gasteiger partial charge is 0.250 e. The number of amides is 1. The van der Waals surface area contributed by atoms with E-state index in [0.717, 1.165) is 22.3 Å². The van der Waals surface area contributed by atoms with E-state index in [0.29, 0.717) is 17.3 Å². The van der Waals surface area contributed by atoms with Crippen LogP contribution in [0.3, 0.4) is 0 Å². The second-order valence-electron chi connectivity index (χ2n) is 6.60. The van der Waals surface area contributed by atoms with Crippen molar-refractivity contribution in [3.8, 4) is 5.82 Å². The van der Waals surface area contributed by atoms with E-state index >= 15 is 0 Å². The number of fused-ring (bicyclic) bond motifs is 1. The number of hydrogen-bond donors (Lipinski definition) is 2. The Morgan fingerprint density at radius 3 is 2.54 bits per heavy atom. The van der Waals surface area contributed by atoms with E-state index in [1.54, 1.807) is 18.5 Å². The van der Waals surface area contributed by atoms with Crippen LogP contribution in [0.15, 0.2) is 67.0 Å². The van der Waals surface area contributed by atoms with E-state index in [4.69, 9.17) is 5.73 Å².